The van der Waals surface area contributed by atoms with Gasteiger partial charge in [-0.15, -0.1) is 0 Å². The number of anilines is 1. The summed E-state index contributed by atoms with van der Waals surface area (Å²) in [5.41, 5.74) is 1.30. The van der Waals surface area contributed by atoms with Crippen LogP contribution in [0.15, 0.2) is 59.1 Å². The van der Waals surface area contributed by atoms with E-state index in [0.717, 1.165) is 4.47 Å². The molecule has 0 saturated heterocycles. The molecule has 0 spiro atoms. The van der Waals surface area contributed by atoms with Gasteiger partial charge in [-0.2, -0.15) is 0 Å². The highest BCUT2D eigenvalue weighted by molar-refractivity contribution is 9.10. The Morgan fingerprint density at radius 2 is 1.68 bits per heavy atom. The second-order valence-electron chi connectivity index (χ2n) is 4.00. The monoisotopic (exact) mass is 317 g/mol. The van der Waals surface area contributed by atoms with Crippen LogP contribution in [0.25, 0.3) is 0 Å². The van der Waals surface area contributed by atoms with Gasteiger partial charge < -0.3 is 4.90 Å². The fourth-order valence-corrected chi connectivity index (χ4v) is 1.95. The van der Waals surface area contributed by atoms with E-state index in [1.807, 2.05) is 18.2 Å². The van der Waals surface area contributed by atoms with Crippen LogP contribution >= 0.6 is 15.9 Å². The first-order valence-electron chi connectivity index (χ1n) is 5.76. The molecule has 0 aliphatic carbocycles. The molecule has 0 fully saturated rings. The number of benzene rings is 2. The molecule has 96 valence electrons. The van der Waals surface area contributed by atoms with E-state index in [9.17, 15) is 9.59 Å². The minimum absolute atomic E-state index is 0.0369. The van der Waals surface area contributed by atoms with Crippen LogP contribution in [0.1, 0.15) is 10.4 Å². The molecule has 3 nitrogen and oxygen atoms in total. The summed E-state index contributed by atoms with van der Waals surface area (Å²) in [6.07, 6.45) is 0.673. The van der Waals surface area contributed by atoms with Crippen LogP contribution in [0.4, 0.5) is 5.69 Å². The van der Waals surface area contributed by atoms with Gasteiger partial charge in [-0.05, 0) is 24.3 Å². The quantitative estimate of drug-likeness (QED) is 0.627. The maximum absolute atomic E-state index is 12.1. The molecule has 0 aromatic heterocycles. The zero-order chi connectivity index (χ0) is 13.7. The Hall–Kier alpha value is -1.94. The summed E-state index contributed by atoms with van der Waals surface area (Å²) in [5, 5.41) is 0. The lowest BCUT2D eigenvalue weighted by Gasteiger charge is -2.16. The van der Waals surface area contributed by atoms with E-state index in [-0.39, 0.29) is 12.3 Å². The topological polar surface area (TPSA) is 37.4 Å². The Balaban J connectivity index is 2.13. The van der Waals surface area contributed by atoms with Crippen LogP contribution in [0.3, 0.4) is 0 Å². The average Bonchev–Trinajstić information content (AvgIpc) is 2.46. The first kappa shape index (κ1) is 13.5. The smallest absolute Gasteiger partial charge is 0.214 e. The SMILES string of the molecule is O=CN(CC(=O)c1ccc(Br)cc1)c1ccccc1. The van der Waals surface area contributed by atoms with Gasteiger partial charge in [-0.3, -0.25) is 9.59 Å². The highest BCUT2D eigenvalue weighted by Crippen LogP contribution is 2.14. The fraction of sp³-hybridized carbons (Fsp3) is 0.0667. The maximum Gasteiger partial charge on any atom is 0.214 e. The van der Waals surface area contributed by atoms with Gasteiger partial charge in [0.05, 0.1) is 6.54 Å². The van der Waals surface area contributed by atoms with Gasteiger partial charge >= 0.3 is 0 Å². The molecule has 1 amide bonds. The summed E-state index contributed by atoms with van der Waals surface area (Å²) in [4.78, 5) is 24.6. The Bertz CT molecular complexity index is 566. The van der Waals surface area contributed by atoms with E-state index in [0.29, 0.717) is 17.7 Å². The number of carbonyl (C=O) groups is 2. The minimum Gasteiger partial charge on any atom is -0.307 e. The molecule has 0 unspecified atom stereocenters. The summed E-state index contributed by atoms with van der Waals surface area (Å²) >= 11 is 3.32. The zero-order valence-corrected chi connectivity index (χ0v) is 11.7. The molecule has 2 aromatic carbocycles. The first-order chi connectivity index (χ1) is 9.20. The molecular weight excluding hydrogens is 306 g/mol. The van der Waals surface area contributed by atoms with E-state index in [1.165, 1.54) is 4.90 Å². The Kier molecular flexibility index (Phi) is 4.47. The van der Waals surface area contributed by atoms with E-state index >= 15 is 0 Å². The third-order valence-electron chi connectivity index (χ3n) is 2.70. The number of halogens is 1. The Morgan fingerprint density at radius 3 is 2.26 bits per heavy atom. The van der Waals surface area contributed by atoms with Crippen LogP contribution < -0.4 is 4.90 Å². The molecular formula is C15H12BrNO2. The molecule has 4 heteroatoms. The van der Waals surface area contributed by atoms with Crippen LogP contribution in [0.5, 0.6) is 0 Å². The van der Waals surface area contributed by atoms with Crippen LogP contribution in [0.2, 0.25) is 0 Å². The van der Waals surface area contributed by atoms with E-state index in [2.05, 4.69) is 15.9 Å². The minimum atomic E-state index is -0.0940. The Morgan fingerprint density at radius 1 is 1.05 bits per heavy atom. The molecule has 0 bridgehead atoms. The lowest BCUT2D eigenvalue weighted by Crippen LogP contribution is -2.28. The highest BCUT2D eigenvalue weighted by atomic mass is 79.9. The third-order valence-corrected chi connectivity index (χ3v) is 3.22. The summed E-state index contributed by atoms with van der Waals surface area (Å²) < 4.78 is 0.916. The standard InChI is InChI=1S/C15H12BrNO2/c16-13-8-6-12(7-9-13)15(19)10-17(11-18)14-4-2-1-3-5-14/h1-9,11H,10H2. The molecule has 2 rings (SSSR count). The molecule has 0 heterocycles. The van der Waals surface area contributed by atoms with Gasteiger partial charge in [-0.25, -0.2) is 0 Å². The number of ketones is 1. The van der Waals surface area contributed by atoms with Crippen molar-refractivity contribution < 1.29 is 9.59 Å². The molecule has 19 heavy (non-hydrogen) atoms. The van der Waals surface area contributed by atoms with Crippen molar-refractivity contribution in [1.82, 2.24) is 0 Å². The number of carbonyl (C=O) groups excluding carboxylic acids is 2. The van der Waals surface area contributed by atoms with Crippen LogP contribution in [-0.4, -0.2) is 18.7 Å². The van der Waals surface area contributed by atoms with Gasteiger partial charge in [0.2, 0.25) is 6.41 Å². The van der Waals surface area contributed by atoms with Gasteiger partial charge in [-0.1, -0.05) is 46.3 Å². The molecule has 0 atom stereocenters. The average molecular weight is 318 g/mol. The number of hydrogen-bond donors (Lipinski definition) is 0. The van der Waals surface area contributed by atoms with Crippen LogP contribution in [0, 0.1) is 0 Å². The van der Waals surface area contributed by atoms with Gasteiger partial charge in [0, 0.05) is 15.7 Å². The summed E-state index contributed by atoms with van der Waals surface area (Å²) in [6, 6.07) is 16.2. The number of amides is 1. The number of Topliss-reactive ketones (excluding diaryl/α,β-unsaturated/α-hetero) is 1. The largest absolute Gasteiger partial charge is 0.307 e. The molecule has 0 N–H and O–H groups in total. The lowest BCUT2D eigenvalue weighted by atomic mass is 10.1. The predicted octanol–water partition coefficient (Wildman–Crippen LogP) is 3.29. The number of hydrogen-bond acceptors (Lipinski definition) is 2. The highest BCUT2D eigenvalue weighted by Gasteiger charge is 2.12. The third kappa shape index (κ3) is 3.51. The number of rotatable bonds is 5. The number of nitrogens with zero attached hydrogens (tertiary/aromatic N) is 1. The zero-order valence-electron chi connectivity index (χ0n) is 10.1. The molecule has 2 aromatic rings. The van der Waals surface area contributed by atoms with Crippen molar-refractivity contribution in [2.45, 2.75) is 0 Å². The van der Waals surface area contributed by atoms with E-state index < -0.39 is 0 Å². The van der Waals surface area contributed by atoms with Gasteiger partial charge in [0.15, 0.2) is 5.78 Å². The second-order valence-corrected chi connectivity index (χ2v) is 4.91. The molecule has 0 radical (unpaired) electrons. The van der Waals surface area contributed by atoms with Crippen molar-refractivity contribution in [3.05, 3.63) is 64.6 Å². The molecule has 0 aliphatic rings. The van der Waals surface area contributed by atoms with Crippen molar-refractivity contribution in [2.24, 2.45) is 0 Å². The van der Waals surface area contributed by atoms with Crippen molar-refractivity contribution in [3.63, 3.8) is 0 Å². The normalized spacial score (nSPS) is 9.95. The number of para-hydroxylation sites is 1. The first-order valence-corrected chi connectivity index (χ1v) is 6.56. The summed E-state index contributed by atoms with van der Waals surface area (Å²) in [5.74, 6) is -0.0940. The van der Waals surface area contributed by atoms with Crippen molar-refractivity contribution in [2.75, 3.05) is 11.4 Å². The fourth-order valence-electron chi connectivity index (χ4n) is 1.69. The molecule has 0 saturated carbocycles. The van der Waals surface area contributed by atoms with Crippen molar-refractivity contribution in [3.8, 4) is 0 Å². The van der Waals surface area contributed by atoms with Gasteiger partial charge in [0.25, 0.3) is 0 Å². The van der Waals surface area contributed by atoms with Crippen molar-refractivity contribution >= 4 is 33.8 Å². The second kappa shape index (κ2) is 6.29. The lowest BCUT2D eigenvalue weighted by molar-refractivity contribution is -0.107. The van der Waals surface area contributed by atoms with Crippen LogP contribution in [-0.2, 0) is 4.79 Å². The maximum atomic E-state index is 12.1. The van der Waals surface area contributed by atoms with Crippen molar-refractivity contribution in [1.29, 1.82) is 0 Å². The Labute approximate surface area is 120 Å². The van der Waals surface area contributed by atoms with E-state index in [1.54, 1.807) is 36.4 Å². The summed E-state index contributed by atoms with van der Waals surface area (Å²) in [6.45, 7) is 0.0369. The van der Waals surface area contributed by atoms with E-state index in [4.69, 9.17) is 0 Å². The predicted molar refractivity (Wildman–Crippen MR) is 78.3 cm³/mol. The molecule has 0 aliphatic heterocycles. The van der Waals surface area contributed by atoms with Gasteiger partial charge in [0.1, 0.15) is 0 Å². The summed E-state index contributed by atoms with van der Waals surface area (Å²) in [7, 11) is 0.